The molecular formula is C18H33O. The summed E-state index contributed by atoms with van der Waals surface area (Å²) in [5, 5.41) is 0. The molecule has 0 rings (SSSR count). The maximum absolute atomic E-state index is 10.0. The van der Waals surface area contributed by atoms with E-state index in [0.29, 0.717) is 6.42 Å². The van der Waals surface area contributed by atoms with Gasteiger partial charge in [-0.05, 0) is 32.1 Å². The van der Waals surface area contributed by atoms with E-state index in [9.17, 15) is 4.79 Å². The van der Waals surface area contributed by atoms with Gasteiger partial charge in [0.15, 0.2) is 6.29 Å². The topological polar surface area (TPSA) is 17.1 Å². The lowest BCUT2D eigenvalue weighted by atomic mass is 10.1. The molecule has 0 atom stereocenters. The highest BCUT2D eigenvalue weighted by Crippen LogP contribution is 2.10. The zero-order valence-corrected chi connectivity index (χ0v) is 13.0. The maximum Gasteiger partial charge on any atom is 0.198 e. The van der Waals surface area contributed by atoms with Crippen molar-refractivity contribution < 1.29 is 4.79 Å². The van der Waals surface area contributed by atoms with E-state index in [4.69, 9.17) is 0 Å². The van der Waals surface area contributed by atoms with Gasteiger partial charge in [0.2, 0.25) is 0 Å². The Bertz CT molecular complexity index is 196. The lowest BCUT2D eigenvalue weighted by Crippen LogP contribution is -1.82. The third-order valence-electron chi connectivity index (χ3n) is 3.54. The first-order chi connectivity index (χ1) is 9.41. The molecule has 0 fully saturated rings. The summed E-state index contributed by atoms with van der Waals surface area (Å²) < 4.78 is 0. The summed E-state index contributed by atoms with van der Waals surface area (Å²) in [7, 11) is 0. The van der Waals surface area contributed by atoms with Crippen LogP contribution >= 0.6 is 0 Å². The molecule has 0 unspecified atom stereocenters. The Balaban J connectivity index is 3.00. The van der Waals surface area contributed by atoms with E-state index in [2.05, 4.69) is 19.1 Å². The van der Waals surface area contributed by atoms with Gasteiger partial charge in [0, 0.05) is 6.42 Å². The highest BCUT2D eigenvalue weighted by atomic mass is 16.1. The summed E-state index contributed by atoms with van der Waals surface area (Å²) in [5.41, 5.74) is 0. The summed E-state index contributed by atoms with van der Waals surface area (Å²) in [6, 6.07) is 0. The van der Waals surface area contributed by atoms with E-state index in [1.165, 1.54) is 77.0 Å². The zero-order valence-electron chi connectivity index (χ0n) is 13.0. The van der Waals surface area contributed by atoms with Gasteiger partial charge in [-0.25, -0.2) is 0 Å². The van der Waals surface area contributed by atoms with Crippen molar-refractivity contribution in [2.75, 3.05) is 0 Å². The summed E-state index contributed by atoms with van der Waals surface area (Å²) in [5.74, 6) is 0. The summed E-state index contributed by atoms with van der Waals surface area (Å²) in [6.07, 6.45) is 24.2. The van der Waals surface area contributed by atoms with Crippen LogP contribution in [0.2, 0.25) is 0 Å². The molecule has 0 saturated heterocycles. The van der Waals surface area contributed by atoms with Gasteiger partial charge >= 0.3 is 0 Å². The van der Waals surface area contributed by atoms with Crippen molar-refractivity contribution in [2.24, 2.45) is 0 Å². The summed E-state index contributed by atoms with van der Waals surface area (Å²) >= 11 is 0. The molecule has 0 aliphatic heterocycles. The molecule has 0 aromatic heterocycles. The van der Waals surface area contributed by atoms with E-state index >= 15 is 0 Å². The van der Waals surface area contributed by atoms with Crippen molar-refractivity contribution in [1.82, 2.24) is 0 Å². The zero-order chi connectivity index (χ0) is 14.0. The highest BCUT2D eigenvalue weighted by Gasteiger charge is 1.92. The van der Waals surface area contributed by atoms with Gasteiger partial charge < -0.3 is 0 Å². The third-order valence-corrected chi connectivity index (χ3v) is 3.54. The fraction of sp³-hybridized carbons (Fsp3) is 0.833. The molecule has 0 N–H and O–H groups in total. The fourth-order valence-electron chi connectivity index (χ4n) is 2.27. The Morgan fingerprint density at radius 3 is 1.68 bits per heavy atom. The number of hydrogen-bond acceptors (Lipinski definition) is 1. The van der Waals surface area contributed by atoms with E-state index < -0.39 is 0 Å². The van der Waals surface area contributed by atoms with Crippen LogP contribution in [0.3, 0.4) is 0 Å². The molecule has 0 spiro atoms. The van der Waals surface area contributed by atoms with Gasteiger partial charge in [0.25, 0.3) is 0 Å². The van der Waals surface area contributed by atoms with E-state index in [1.54, 1.807) is 0 Å². The largest absolute Gasteiger partial charge is 0.291 e. The molecule has 0 saturated carbocycles. The molecule has 19 heavy (non-hydrogen) atoms. The number of hydrogen-bond donors (Lipinski definition) is 0. The molecule has 0 aliphatic carbocycles. The van der Waals surface area contributed by atoms with Crippen molar-refractivity contribution >= 4 is 6.29 Å². The number of allylic oxidation sites excluding steroid dienone is 2. The molecule has 1 heteroatoms. The van der Waals surface area contributed by atoms with Crippen LogP contribution in [-0.2, 0) is 4.79 Å². The Kier molecular flexibility index (Phi) is 16.9. The lowest BCUT2D eigenvalue weighted by molar-refractivity contribution is 0.538. The van der Waals surface area contributed by atoms with Gasteiger partial charge in [-0.15, -0.1) is 0 Å². The maximum atomic E-state index is 10.0. The predicted molar refractivity (Wildman–Crippen MR) is 85.1 cm³/mol. The number of carbonyl (C=O) groups excluding carboxylic acids is 1. The van der Waals surface area contributed by atoms with Gasteiger partial charge in [-0.2, -0.15) is 0 Å². The predicted octanol–water partition coefficient (Wildman–Crippen LogP) is 6.13. The lowest BCUT2D eigenvalue weighted by Gasteiger charge is -2.00. The minimum atomic E-state index is 0.630. The van der Waals surface area contributed by atoms with Gasteiger partial charge in [-0.3, -0.25) is 4.79 Å². The molecule has 111 valence electrons. The van der Waals surface area contributed by atoms with Gasteiger partial charge in [0.05, 0.1) is 0 Å². The minimum Gasteiger partial charge on any atom is -0.291 e. The summed E-state index contributed by atoms with van der Waals surface area (Å²) in [6.45, 7) is 2.25. The van der Waals surface area contributed by atoms with E-state index in [-0.39, 0.29) is 0 Å². The molecule has 0 aliphatic rings. The second-order valence-electron chi connectivity index (χ2n) is 5.48. The third kappa shape index (κ3) is 17.4. The molecule has 0 bridgehead atoms. The normalized spacial score (nSPS) is 11.2. The van der Waals surface area contributed by atoms with Crippen molar-refractivity contribution in [2.45, 2.75) is 96.8 Å². The Morgan fingerprint density at radius 1 is 0.684 bits per heavy atom. The number of rotatable bonds is 15. The van der Waals surface area contributed by atoms with E-state index in [0.717, 1.165) is 6.42 Å². The second kappa shape index (κ2) is 17.4. The van der Waals surface area contributed by atoms with Crippen LogP contribution < -0.4 is 0 Å². The van der Waals surface area contributed by atoms with Crippen LogP contribution in [0.5, 0.6) is 0 Å². The standard InChI is InChI=1S/C18H33O/c1-2-3-4-5-6-7-8-9-10-11-12-13-14-15-16-17-18-19/h6-7H,2-5,8-17H2,1H3. The Morgan fingerprint density at radius 2 is 1.16 bits per heavy atom. The molecule has 0 aromatic carbocycles. The molecule has 0 aromatic rings. The van der Waals surface area contributed by atoms with Crippen molar-refractivity contribution in [3.8, 4) is 0 Å². The van der Waals surface area contributed by atoms with Crippen molar-refractivity contribution in [1.29, 1.82) is 0 Å². The molecule has 0 heterocycles. The van der Waals surface area contributed by atoms with Crippen LogP contribution in [0.4, 0.5) is 0 Å². The van der Waals surface area contributed by atoms with E-state index in [1.807, 2.05) is 6.29 Å². The van der Waals surface area contributed by atoms with Crippen LogP contribution in [0.25, 0.3) is 0 Å². The second-order valence-corrected chi connectivity index (χ2v) is 5.48. The molecule has 1 nitrogen and oxygen atoms in total. The Hall–Kier alpha value is -0.590. The average molecular weight is 265 g/mol. The van der Waals surface area contributed by atoms with Crippen LogP contribution in [0, 0.1) is 0 Å². The number of unbranched alkanes of at least 4 members (excludes halogenated alkanes) is 12. The van der Waals surface area contributed by atoms with Gasteiger partial charge in [0.1, 0.15) is 0 Å². The fourth-order valence-corrected chi connectivity index (χ4v) is 2.27. The first kappa shape index (κ1) is 18.4. The van der Waals surface area contributed by atoms with Crippen LogP contribution in [0.15, 0.2) is 12.2 Å². The molecule has 1 radical (unpaired) electrons. The average Bonchev–Trinajstić information content (AvgIpc) is 2.43. The summed E-state index contributed by atoms with van der Waals surface area (Å²) in [4.78, 5) is 10.0. The van der Waals surface area contributed by atoms with Crippen molar-refractivity contribution in [3.05, 3.63) is 12.2 Å². The Labute approximate surface area is 120 Å². The molecule has 0 amide bonds. The van der Waals surface area contributed by atoms with Crippen LogP contribution in [-0.4, -0.2) is 6.29 Å². The SMILES string of the molecule is CCCCCC=CCCCCCCCCCC[C]=O. The first-order valence-corrected chi connectivity index (χ1v) is 8.41. The quantitative estimate of drug-likeness (QED) is 0.257. The smallest absolute Gasteiger partial charge is 0.198 e. The highest BCUT2D eigenvalue weighted by molar-refractivity contribution is 5.50. The molecular weight excluding hydrogens is 232 g/mol. The van der Waals surface area contributed by atoms with Crippen LogP contribution in [0.1, 0.15) is 96.8 Å². The monoisotopic (exact) mass is 265 g/mol. The van der Waals surface area contributed by atoms with Gasteiger partial charge in [-0.1, -0.05) is 70.4 Å². The first-order valence-electron chi connectivity index (χ1n) is 8.41. The van der Waals surface area contributed by atoms with Crippen molar-refractivity contribution in [3.63, 3.8) is 0 Å². The minimum absolute atomic E-state index is 0.630.